The van der Waals surface area contributed by atoms with Crippen LogP contribution >= 0.6 is 23.2 Å². The first-order chi connectivity index (χ1) is 21.4. The first kappa shape index (κ1) is 35.8. The lowest BCUT2D eigenvalue weighted by molar-refractivity contribution is -0.140. The SMILES string of the molecule is CC[C@H](C(=O)N[C@@H](C)CC)N(Cc1ccc(Cl)cc1)C(=O)CN(c1cc(Cl)ccc1OC)S(=O)(=O)c1ccc(OC)c(OC)c1. The number of hydrogen-bond acceptors (Lipinski definition) is 7. The molecule has 0 spiro atoms. The summed E-state index contributed by atoms with van der Waals surface area (Å²) in [5.74, 6) is -0.292. The van der Waals surface area contributed by atoms with Crippen molar-refractivity contribution >= 4 is 50.7 Å². The molecule has 1 N–H and O–H groups in total. The molecule has 45 heavy (non-hydrogen) atoms. The molecule has 2 atom stereocenters. The Kier molecular flexibility index (Phi) is 12.8. The Hall–Kier alpha value is -3.67. The van der Waals surface area contributed by atoms with Gasteiger partial charge >= 0.3 is 0 Å². The molecule has 0 saturated heterocycles. The van der Waals surface area contributed by atoms with E-state index in [1.165, 1.54) is 56.6 Å². The number of carbonyl (C=O) groups excluding carboxylic acids is 2. The van der Waals surface area contributed by atoms with Crippen LogP contribution in [0.5, 0.6) is 17.2 Å². The molecule has 0 radical (unpaired) electrons. The molecule has 2 amide bonds. The van der Waals surface area contributed by atoms with Crippen LogP contribution in [-0.2, 0) is 26.2 Å². The molecule has 0 fully saturated rings. The first-order valence-corrected chi connectivity index (χ1v) is 16.5. The van der Waals surface area contributed by atoms with Gasteiger partial charge in [0.05, 0.1) is 31.9 Å². The number of methoxy groups -OCH3 is 3. The molecule has 3 rings (SSSR count). The van der Waals surface area contributed by atoms with Crippen molar-refractivity contribution < 1.29 is 32.2 Å². The largest absolute Gasteiger partial charge is 0.495 e. The average Bonchev–Trinajstić information content (AvgIpc) is 3.03. The summed E-state index contributed by atoms with van der Waals surface area (Å²) in [4.78, 5) is 29.0. The Morgan fingerprint density at radius 1 is 0.822 bits per heavy atom. The maximum Gasteiger partial charge on any atom is 0.265 e. The zero-order valence-electron chi connectivity index (χ0n) is 26.2. The van der Waals surface area contributed by atoms with E-state index in [2.05, 4.69) is 5.32 Å². The number of nitrogens with zero attached hydrogens (tertiary/aromatic N) is 2. The molecule has 0 bridgehead atoms. The van der Waals surface area contributed by atoms with Crippen molar-refractivity contribution in [1.82, 2.24) is 10.2 Å². The van der Waals surface area contributed by atoms with Crippen LogP contribution in [-0.4, -0.2) is 65.1 Å². The van der Waals surface area contributed by atoms with Gasteiger partial charge in [-0.15, -0.1) is 0 Å². The molecule has 0 saturated carbocycles. The third-order valence-electron chi connectivity index (χ3n) is 7.28. The van der Waals surface area contributed by atoms with Crippen LogP contribution in [0.3, 0.4) is 0 Å². The molecule has 0 heterocycles. The summed E-state index contributed by atoms with van der Waals surface area (Å²) >= 11 is 12.4. The van der Waals surface area contributed by atoms with Crippen LogP contribution in [0.2, 0.25) is 10.0 Å². The minimum absolute atomic E-state index is 0.0271. The quantitative estimate of drug-likeness (QED) is 0.212. The molecule has 0 aliphatic carbocycles. The minimum Gasteiger partial charge on any atom is -0.495 e. The van der Waals surface area contributed by atoms with Gasteiger partial charge in [-0.2, -0.15) is 0 Å². The van der Waals surface area contributed by atoms with Gasteiger partial charge in [0.15, 0.2) is 11.5 Å². The van der Waals surface area contributed by atoms with Crippen LogP contribution < -0.4 is 23.8 Å². The second-order valence-corrected chi connectivity index (χ2v) is 13.0. The van der Waals surface area contributed by atoms with E-state index in [-0.39, 0.29) is 52.0 Å². The van der Waals surface area contributed by atoms with Crippen LogP contribution in [0.15, 0.2) is 65.6 Å². The van der Waals surface area contributed by atoms with Gasteiger partial charge in [-0.3, -0.25) is 13.9 Å². The molecule has 0 unspecified atom stereocenters. The Balaban J connectivity index is 2.17. The predicted molar refractivity (Wildman–Crippen MR) is 176 cm³/mol. The van der Waals surface area contributed by atoms with Gasteiger partial charge in [-0.25, -0.2) is 8.42 Å². The van der Waals surface area contributed by atoms with Gasteiger partial charge in [0.1, 0.15) is 18.3 Å². The number of benzene rings is 3. The Bertz CT molecular complexity index is 1590. The summed E-state index contributed by atoms with van der Waals surface area (Å²) in [6, 6.07) is 14.4. The maximum atomic E-state index is 14.4. The highest BCUT2D eigenvalue weighted by Crippen LogP contribution is 2.37. The lowest BCUT2D eigenvalue weighted by Gasteiger charge is -2.34. The number of carbonyl (C=O) groups is 2. The molecular formula is C32H39Cl2N3O7S. The highest BCUT2D eigenvalue weighted by Gasteiger charge is 2.35. The average molecular weight is 681 g/mol. The summed E-state index contributed by atoms with van der Waals surface area (Å²) in [6.07, 6.45) is 0.976. The van der Waals surface area contributed by atoms with E-state index in [0.29, 0.717) is 22.8 Å². The van der Waals surface area contributed by atoms with E-state index >= 15 is 0 Å². The van der Waals surface area contributed by atoms with Gasteiger partial charge in [-0.05, 0) is 67.8 Å². The van der Waals surface area contributed by atoms with E-state index in [1.54, 1.807) is 37.3 Å². The number of anilines is 1. The summed E-state index contributed by atoms with van der Waals surface area (Å²) in [6.45, 7) is 4.96. The van der Waals surface area contributed by atoms with Crippen LogP contribution in [0.1, 0.15) is 39.2 Å². The normalized spacial score (nSPS) is 12.5. The highest BCUT2D eigenvalue weighted by atomic mass is 35.5. The predicted octanol–water partition coefficient (Wildman–Crippen LogP) is 5.94. The van der Waals surface area contributed by atoms with E-state index in [1.807, 2.05) is 13.8 Å². The number of sulfonamides is 1. The van der Waals surface area contributed by atoms with Crippen LogP contribution in [0.4, 0.5) is 5.69 Å². The topological polar surface area (TPSA) is 114 Å². The van der Waals surface area contributed by atoms with Crippen molar-refractivity contribution in [2.24, 2.45) is 0 Å². The van der Waals surface area contributed by atoms with Crippen molar-refractivity contribution in [1.29, 1.82) is 0 Å². The smallest absolute Gasteiger partial charge is 0.265 e. The van der Waals surface area contributed by atoms with Crippen molar-refractivity contribution in [3.8, 4) is 17.2 Å². The monoisotopic (exact) mass is 679 g/mol. The van der Waals surface area contributed by atoms with Crippen molar-refractivity contribution in [2.75, 3.05) is 32.2 Å². The summed E-state index contributed by atoms with van der Waals surface area (Å²) in [5, 5.41) is 3.69. The number of nitrogens with one attached hydrogen (secondary N) is 1. The minimum atomic E-state index is -4.45. The molecule has 3 aromatic rings. The Morgan fingerprint density at radius 3 is 2.00 bits per heavy atom. The molecule has 0 aromatic heterocycles. The fourth-order valence-corrected chi connectivity index (χ4v) is 6.35. The molecule has 13 heteroatoms. The Morgan fingerprint density at radius 2 is 1.42 bits per heavy atom. The molecule has 10 nitrogen and oxygen atoms in total. The summed E-state index contributed by atoms with van der Waals surface area (Å²) < 4.78 is 45.8. The van der Waals surface area contributed by atoms with Crippen molar-refractivity contribution in [2.45, 2.75) is 57.1 Å². The highest BCUT2D eigenvalue weighted by molar-refractivity contribution is 7.92. The number of amides is 2. The molecular weight excluding hydrogens is 641 g/mol. The third kappa shape index (κ3) is 8.74. The maximum absolute atomic E-state index is 14.4. The second kappa shape index (κ2) is 16.1. The van der Waals surface area contributed by atoms with Gasteiger partial charge in [-0.1, -0.05) is 49.2 Å². The van der Waals surface area contributed by atoms with Crippen LogP contribution in [0.25, 0.3) is 0 Å². The number of ether oxygens (including phenoxy) is 3. The van der Waals surface area contributed by atoms with Gasteiger partial charge in [0.25, 0.3) is 10.0 Å². The molecule has 3 aromatic carbocycles. The van der Waals surface area contributed by atoms with Crippen LogP contribution in [0, 0.1) is 0 Å². The first-order valence-electron chi connectivity index (χ1n) is 14.3. The number of rotatable bonds is 15. The van der Waals surface area contributed by atoms with E-state index in [4.69, 9.17) is 37.4 Å². The number of hydrogen-bond donors (Lipinski definition) is 1. The Labute approximate surface area is 275 Å². The lowest BCUT2D eigenvalue weighted by atomic mass is 10.1. The van der Waals surface area contributed by atoms with Gasteiger partial charge in [0, 0.05) is 28.7 Å². The van der Waals surface area contributed by atoms with E-state index in [0.717, 1.165) is 4.31 Å². The lowest BCUT2D eigenvalue weighted by Crippen LogP contribution is -2.53. The second-order valence-electron chi connectivity index (χ2n) is 10.2. The van der Waals surface area contributed by atoms with Gasteiger partial charge < -0.3 is 24.4 Å². The van der Waals surface area contributed by atoms with Crippen molar-refractivity contribution in [3.63, 3.8) is 0 Å². The third-order valence-corrected chi connectivity index (χ3v) is 9.53. The zero-order valence-corrected chi connectivity index (χ0v) is 28.5. The van der Waals surface area contributed by atoms with Gasteiger partial charge in [0.2, 0.25) is 11.8 Å². The zero-order chi connectivity index (χ0) is 33.3. The van der Waals surface area contributed by atoms with E-state index in [9.17, 15) is 18.0 Å². The summed E-state index contributed by atoms with van der Waals surface area (Å²) in [7, 11) is -0.243. The standard InChI is InChI=1S/C32H39Cl2N3O7S/c1-7-21(3)35-32(39)26(8-2)36(19-22-9-11-23(33)12-10-22)31(38)20-37(27-17-24(34)13-15-28(27)42-4)45(40,41)25-14-16-29(43-5)30(18-25)44-6/h9-18,21,26H,7-8,19-20H2,1-6H3,(H,35,39)/t21-,26+/m0/s1. The fraction of sp³-hybridized carbons (Fsp3) is 0.375. The van der Waals surface area contributed by atoms with E-state index < -0.39 is 28.5 Å². The molecule has 0 aliphatic rings. The molecule has 0 aliphatic heterocycles. The fourth-order valence-electron chi connectivity index (χ4n) is 4.62. The summed E-state index contributed by atoms with van der Waals surface area (Å²) in [5.41, 5.74) is 0.744. The molecule has 244 valence electrons. The van der Waals surface area contributed by atoms with Crippen molar-refractivity contribution in [3.05, 3.63) is 76.3 Å². The number of halogens is 2.